The third-order valence-corrected chi connectivity index (χ3v) is 10.8. The summed E-state index contributed by atoms with van der Waals surface area (Å²) in [6, 6.07) is 6.36. The summed E-state index contributed by atoms with van der Waals surface area (Å²) >= 11 is 0. The highest BCUT2D eigenvalue weighted by Gasteiger charge is 2.57. The van der Waals surface area contributed by atoms with Gasteiger partial charge in [0.05, 0.1) is 13.7 Å². The highest BCUT2D eigenvalue weighted by atomic mass is 16.5. The van der Waals surface area contributed by atoms with Crippen molar-refractivity contribution in [2.24, 2.45) is 40.9 Å². The van der Waals surface area contributed by atoms with Crippen molar-refractivity contribution in [3.63, 3.8) is 0 Å². The van der Waals surface area contributed by atoms with Crippen LogP contribution in [0.15, 0.2) is 29.8 Å². The molecule has 1 aromatic rings. The van der Waals surface area contributed by atoms with Gasteiger partial charge in [-0.05, 0) is 118 Å². The molecule has 4 aliphatic rings. The predicted molar refractivity (Wildman–Crippen MR) is 147 cm³/mol. The second-order valence-electron chi connectivity index (χ2n) is 12.3. The molecular weight excluding hydrogens is 446 g/mol. The minimum Gasteiger partial charge on any atom is -0.493 e. The van der Waals surface area contributed by atoms with Gasteiger partial charge >= 0.3 is 0 Å². The number of ketones is 1. The fourth-order valence-electron chi connectivity index (χ4n) is 9.04. The van der Waals surface area contributed by atoms with Crippen LogP contribution in [0.1, 0.15) is 79.1 Å². The number of benzene rings is 1. The molecule has 3 fully saturated rings. The Balaban J connectivity index is 1.24. The lowest BCUT2D eigenvalue weighted by Gasteiger charge is -2.56. The molecule has 0 aromatic heterocycles. The predicted octanol–water partition coefficient (Wildman–Crippen LogP) is 7.31. The summed E-state index contributed by atoms with van der Waals surface area (Å²) in [5.74, 6) is 6.66. The van der Waals surface area contributed by atoms with Gasteiger partial charge in [-0.2, -0.15) is 0 Å². The number of rotatable bonds is 8. The van der Waals surface area contributed by atoms with E-state index in [-0.39, 0.29) is 0 Å². The molecule has 7 atom stereocenters. The van der Waals surface area contributed by atoms with Gasteiger partial charge in [0.15, 0.2) is 17.3 Å². The van der Waals surface area contributed by atoms with Gasteiger partial charge in [-0.3, -0.25) is 4.79 Å². The summed E-state index contributed by atoms with van der Waals surface area (Å²) in [7, 11) is 1.74. The molecule has 0 amide bonds. The van der Waals surface area contributed by atoms with E-state index in [0.717, 1.165) is 80.6 Å². The normalized spacial score (nSPS) is 35.4. The molecule has 0 heterocycles. The second-order valence-corrected chi connectivity index (χ2v) is 12.3. The van der Waals surface area contributed by atoms with Gasteiger partial charge in [-0.1, -0.05) is 19.4 Å². The van der Waals surface area contributed by atoms with E-state index in [1.807, 2.05) is 6.08 Å². The SMILES string of the molecule is CCN(CC)c1ccc(OCCC2CCC3C4C(C)CC5=CC(=O)CCC5C4CCC23C)c(OC)c1. The Bertz CT molecular complexity index is 982. The molecule has 7 unspecified atom stereocenters. The van der Waals surface area contributed by atoms with Gasteiger partial charge in [0.25, 0.3) is 0 Å². The monoisotopic (exact) mass is 493 g/mol. The summed E-state index contributed by atoms with van der Waals surface area (Å²) in [5.41, 5.74) is 3.11. The summed E-state index contributed by atoms with van der Waals surface area (Å²) < 4.78 is 12.0. The van der Waals surface area contributed by atoms with E-state index >= 15 is 0 Å². The Morgan fingerprint density at radius 1 is 1.08 bits per heavy atom. The van der Waals surface area contributed by atoms with Gasteiger partial charge in [0.1, 0.15) is 0 Å². The summed E-state index contributed by atoms with van der Waals surface area (Å²) in [5, 5.41) is 0. The van der Waals surface area contributed by atoms with Crippen LogP contribution >= 0.6 is 0 Å². The van der Waals surface area contributed by atoms with Crippen LogP contribution in [0.25, 0.3) is 0 Å². The van der Waals surface area contributed by atoms with Crippen molar-refractivity contribution in [2.45, 2.75) is 79.1 Å². The largest absolute Gasteiger partial charge is 0.493 e. The third-order valence-electron chi connectivity index (χ3n) is 10.8. The second kappa shape index (κ2) is 10.4. The number of ether oxygens (including phenoxy) is 2. The topological polar surface area (TPSA) is 38.8 Å². The van der Waals surface area contributed by atoms with Crippen molar-refractivity contribution in [1.29, 1.82) is 0 Å². The number of allylic oxidation sites excluding steroid dienone is 1. The summed E-state index contributed by atoms with van der Waals surface area (Å²) in [4.78, 5) is 14.4. The number of carbonyl (C=O) groups excluding carboxylic acids is 1. The Morgan fingerprint density at radius 2 is 1.89 bits per heavy atom. The van der Waals surface area contributed by atoms with Crippen LogP contribution < -0.4 is 14.4 Å². The van der Waals surface area contributed by atoms with E-state index in [2.05, 4.69) is 50.8 Å². The number of fused-ring (bicyclic) bond motifs is 5. The maximum atomic E-state index is 12.1. The summed E-state index contributed by atoms with van der Waals surface area (Å²) in [6.07, 6.45) is 11.6. The zero-order valence-electron chi connectivity index (χ0n) is 23.2. The van der Waals surface area contributed by atoms with Crippen molar-refractivity contribution >= 4 is 11.5 Å². The minimum atomic E-state index is 0.368. The van der Waals surface area contributed by atoms with E-state index < -0.39 is 0 Å². The summed E-state index contributed by atoms with van der Waals surface area (Å²) in [6.45, 7) is 12.2. The maximum Gasteiger partial charge on any atom is 0.162 e. The van der Waals surface area contributed by atoms with Crippen LogP contribution in [0.3, 0.4) is 0 Å². The van der Waals surface area contributed by atoms with E-state index in [0.29, 0.717) is 23.0 Å². The first-order valence-corrected chi connectivity index (χ1v) is 14.7. The quantitative estimate of drug-likeness (QED) is 0.380. The lowest BCUT2D eigenvalue weighted by Crippen LogP contribution is -2.49. The van der Waals surface area contributed by atoms with Crippen LogP contribution in [-0.2, 0) is 4.79 Å². The van der Waals surface area contributed by atoms with Crippen LogP contribution in [0.4, 0.5) is 5.69 Å². The van der Waals surface area contributed by atoms with Gasteiger partial charge < -0.3 is 14.4 Å². The van der Waals surface area contributed by atoms with Gasteiger partial charge in [0.2, 0.25) is 0 Å². The van der Waals surface area contributed by atoms with Crippen molar-refractivity contribution in [3.05, 3.63) is 29.8 Å². The first kappa shape index (κ1) is 25.7. The lowest BCUT2D eigenvalue weighted by molar-refractivity contribution is -0.116. The van der Waals surface area contributed by atoms with Gasteiger partial charge in [0, 0.05) is 31.3 Å². The molecule has 36 heavy (non-hydrogen) atoms. The molecule has 198 valence electrons. The number of anilines is 1. The van der Waals surface area contributed by atoms with Crippen molar-refractivity contribution < 1.29 is 14.3 Å². The van der Waals surface area contributed by atoms with E-state index in [1.165, 1.54) is 36.9 Å². The molecule has 0 bridgehead atoms. The molecule has 3 saturated carbocycles. The molecular formula is C32H47NO3. The fourth-order valence-corrected chi connectivity index (χ4v) is 9.04. The van der Waals surface area contributed by atoms with Crippen molar-refractivity contribution in [2.75, 3.05) is 31.7 Å². The number of nitrogens with zero attached hydrogens (tertiary/aromatic N) is 1. The van der Waals surface area contributed by atoms with Gasteiger partial charge in [-0.25, -0.2) is 0 Å². The van der Waals surface area contributed by atoms with Crippen molar-refractivity contribution in [3.8, 4) is 11.5 Å². The van der Waals surface area contributed by atoms with E-state index in [1.54, 1.807) is 7.11 Å². The van der Waals surface area contributed by atoms with Crippen molar-refractivity contribution in [1.82, 2.24) is 0 Å². The molecule has 0 spiro atoms. The zero-order valence-corrected chi connectivity index (χ0v) is 23.2. The van der Waals surface area contributed by atoms with E-state index in [4.69, 9.17) is 9.47 Å². The van der Waals surface area contributed by atoms with Crippen LogP contribution in [0.5, 0.6) is 11.5 Å². The molecule has 4 nitrogen and oxygen atoms in total. The minimum absolute atomic E-state index is 0.368. The van der Waals surface area contributed by atoms with Crippen LogP contribution in [0.2, 0.25) is 0 Å². The smallest absolute Gasteiger partial charge is 0.162 e. The number of carbonyl (C=O) groups is 1. The standard InChI is InChI=1S/C32H47NO3/c1-6-33(7-2)24-9-13-29(30(20-24)35-5)36-17-15-23-8-12-28-31-21(3)18-22-19-25(34)10-11-26(22)27(31)14-16-32(23,28)4/h9,13,19-21,23,26-28,31H,6-8,10-12,14-18H2,1-5H3. The zero-order chi connectivity index (χ0) is 25.4. The maximum absolute atomic E-state index is 12.1. The Kier molecular flexibility index (Phi) is 7.43. The molecule has 0 saturated heterocycles. The van der Waals surface area contributed by atoms with Crippen LogP contribution in [0, 0.1) is 40.9 Å². The molecule has 0 aliphatic heterocycles. The Hall–Kier alpha value is -1.97. The highest BCUT2D eigenvalue weighted by Crippen LogP contribution is 2.65. The first-order valence-electron chi connectivity index (χ1n) is 14.7. The number of hydrogen-bond donors (Lipinski definition) is 0. The Morgan fingerprint density at radius 3 is 2.64 bits per heavy atom. The lowest BCUT2D eigenvalue weighted by atomic mass is 9.49. The molecule has 0 N–H and O–H groups in total. The fraction of sp³-hybridized carbons (Fsp3) is 0.719. The van der Waals surface area contributed by atoms with E-state index in [9.17, 15) is 4.79 Å². The Labute approximate surface area is 218 Å². The first-order chi connectivity index (χ1) is 17.4. The average Bonchev–Trinajstić information content (AvgIpc) is 3.21. The third kappa shape index (κ3) is 4.47. The molecule has 5 rings (SSSR count). The van der Waals surface area contributed by atoms with Crippen LogP contribution in [-0.4, -0.2) is 32.6 Å². The average molecular weight is 494 g/mol. The highest BCUT2D eigenvalue weighted by molar-refractivity contribution is 5.91. The molecule has 4 aliphatic carbocycles. The molecule has 1 aromatic carbocycles. The van der Waals surface area contributed by atoms with Gasteiger partial charge in [-0.15, -0.1) is 0 Å². The number of hydrogen-bond acceptors (Lipinski definition) is 4. The molecule has 4 heteroatoms. The number of methoxy groups -OCH3 is 1. The molecule has 0 radical (unpaired) electrons.